The third kappa shape index (κ3) is 5.83. The van der Waals surface area contributed by atoms with Crippen LogP contribution in [-0.4, -0.2) is 37.7 Å². The summed E-state index contributed by atoms with van der Waals surface area (Å²) in [7, 11) is -4.08. The number of ether oxygens (including phenoxy) is 1. The van der Waals surface area contributed by atoms with Crippen molar-refractivity contribution in [3.63, 3.8) is 0 Å². The van der Waals surface area contributed by atoms with E-state index in [-0.39, 0.29) is 35.6 Å². The minimum absolute atomic E-state index is 0.0390. The highest BCUT2D eigenvalue weighted by molar-refractivity contribution is 7.88. The largest absolute Gasteiger partial charge is 0.484 e. The number of fused-ring (bicyclic) bond motifs is 2. The highest BCUT2D eigenvalue weighted by Gasteiger charge is 2.53. The van der Waals surface area contributed by atoms with E-state index in [1.165, 1.54) is 18.2 Å². The number of hydrogen-bond donors (Lipinski definition) is 3. The lowest BCUT2D eigenvalue weighted by Gasteiger charge is -2.52. The van der Waals surface area contributed by atoms with Crippen molar-refractivity contribution in [1.82, 2.24) is 10.0 Å². The molecule has 13 heteroatoms. The van der Waals surface area contributed by atoms with Crippen LogP contribution in [0.4, 0.5) is 17.6 Å². The molecule has 3 N–H and O–H groups in total. The number of rotatable bonds is 8. The van der Waals surface area contributed by atoms with Crippen LogP contribution in [0.5, 0.6) is 5.75 Å². The highest BCUT2D eigenvalue weighted by Crippen LogP contribution is 2.48. The van der Waals surface area contributed by atoms with Crippen molar-refractivity contribution in [3.8, 4) is 5.75 Å². The molecule has 2 bridgehead atoms. The Kier molecular flexibility index (Phi) is 7.08. The van der Waals surface area contributed by atoms with Gasteiger partial charge in [-0.15, -0.1) is 0 Å². The number of sulfonamides is 1. The Hall–Kier alpha value is -2.67. The van der Waals surface area contributed by atoms with Gasteiger partial charge in [-0.1, -0.05) is 29.8 Å². The van der Waals surface area contributed by atoms with Crippen molar-refractivity contribution < 1.29 is 40.6 Å². The molecule has 0 unspecified atom stereocenters. The van der Waals surface area contributed by atoms with Crippen LogP contribution in [0.25, 0.3) is 0 Å². The summed E-state index contributed by atoms with van der Waals surface area (Å²) in [6.45, 7) is -0.428. The molecule has 0 heterocycles. The maximum atomic E-state index is 13.5. The van der Waals surface area contributed by atoms with E-state index in [0.717, 1.165) is 29.8 Å². The number of carbonyl (C=O) groups is 1. The number of alkyl halides is 3. The molecule has 0 radical (unpaired) electrons. The van der Waals surface area contributed by atoms with E-state index < -0.39 is 57.5 Å². The Labute approximate surface area is 209 Å². The molecular weight excluding hydrogens is 528 g/mol. The number of carbonyl (C=O) groups excluding carboxylic acids is 1. The number of benzene rings is 2. The number of halogens is 5. The first-order valence-corrected chi connectivity index (χ1v) is 12.7. The second-order valence-corrected chi connectivity index (χ2v) is 10.9. The summed E-state index contributed by atoms with van der Waals surface area (Å²) in [4.78, 5) is 12.3. The molecule has 3 aliphatic carbocycles. The van der Waals surface area contributed by atoms with Crippen molar-refractivity contribution in [1.29, 1.82) is 0 Å². The predicted molar refractivity (Wildman–Crippen MR) is 122 cm³/mol. The van der Waals surface area contributed by atoms with Crippen LogP contribution in [0, 0.1) is 5.82 Å². The van der Waals surface area contributed by atoms with Crippen LogP contribution in [0.3, 0.4) is 0 Å². The third-order valence-corrected chi connectivity index (χ3v) is 7.78. The first-order chi connectivity index (χ1) is 16.8. The molecule has 2 aromatic rings. The average Bonchev–Trinajstić information content (AvgIpc) is 2.75. The van der Waals surface area contributed by atoms with Gasteiger partial charge < -0.3 is 15.2 Å². The van der Waals surface area contributed by atoms with Gasteiger partial charge in [0.2, 0.25) is 10.0 Å². The Morgan fingerprint density at radius 1 is 1.19 bits per heavy atom. The van der Waals surface area contributed by atoms with Gasteiger partial charge in [-0.05, 0) is 42.2 Å². The molecule has 7 nitrogen and oxygen atoms in total. The molecule has 0 aliphatic heterocycles. The lowest BCUT2D eigenvalue weighted by atomic mass is 9.63. The zero-order valence-corrected chi connectivity index (χ0v) is 20.1. The number of hydrogen-bond acceptors (Lipinski definition) is 5. The van der Waals surface area contributed by atoms with Crippen molar-refractivity contribution in [2.75, 3.05) is 6.61 Å². The Morgan fingerprint density at radius 3 is 2.56 bits per heavy atom. The van der Waals surface area contributed by atoms with Crippen molar-refractivity contribution in [3.05, 3.63) is 75.7 Å². The predicted octanol–water partition coefficient (Wildman–Crippen LogP) is 3.66. The standard InChI is InChI=1S/C23H21ClF4N2O5S/c24-17-5-4-16(7-18(17)25)35-11-21(32)29-19-8-20(31)22(9-14(19)10-22)30-36(33,34)12-13-2-1-3-15(6-13)23(26,27)28/h1-7,20,30-31H,8-12H2,(H,29,32)/t20-/m0/s1. The highest BCUT2D eigenvalue weighted by atomic mass is 35.5. The molecule has 1 fully saturated rings. The monoisotopic (exact) mass is 548 g/mol. The quantitative estimate of drug-likeness (QED) is 0.437. The van der Waals surface area contributed by atoms with E-state index >= 15 is 0 Å². The average molecular weight is 549 g/mol. The van der Waals surface area contributed by atoms with E-state index in [4.69, 9.17) is 16.3 Å². The van der Waals surface area contributed by atoms with Gasteiger partial charge in [0.1, 0.15) is 11.6 Å². The summed E-state index contributed by atoms with van der Waals surface area (Å²) < 4.78 is 85.3. The first-order valence-electron chi connectivity index (χ1n) is 10.7. The molecular formula is C23H21ClF4N2O5S. The van der Waals surface area contributed by atoms with Crippen LogP contribution >= 0.6 is 11.6 Å². The van der Waals surface area contributed by atoms with Crippen molar-refractivity contribution in [2.45, 2.75) is 42.8 Å². The van der Waals surface area contributed by atoms with Crippen LogP contribution in [-0.2, 0) is 26.7 Å². The van der Waals surface area contributed by atoms with Gasteiger partial charge in [-0.3, -0.25) is 4.79 Å². The fourth-order valence-corrected chi connectivity index (χ4v) is 6.00. The number of aliphatic hydroxyl groups excluding tert-OH is 1. The molecule has 1 amide bonds. The molecule has 5 rings (SSSR count). The van der Waals surface area contributed by atoms with Crippen molar-refractivity contribution in [2.24, 2.45) is 0 Å². The van der Waals surface area contributed by atoms with E-state index in [0.29, 0.717) is 5.70 Å². The Bertz CT molecular complexity index is 1320. The van der Waals surface area contributed by atoms with Gasteiger partial charge in [0.15, 0.2) is 6.61 Å². The minimum Gasteiger partial charge on any atom is -0.484 e. The van der Waals surface area contributed by atoms with Gasteiger partial charge in [-0.25, -0.2) is 17.5 Å². The van der Waals surface area contributed by atoms with Crippen LogP contribution < -0.4 is 14.8 Å². The molecule has 0 aromatic heterocycles. The fourth-order valence-electron chi connectivity index (χ4n) is 4.29. The zero-order chi connectivity index (χ0) is 26.3. The maximum Gasteiger partial charge on any atom is 0.416 e. The van der Waals surface area contributed by atoms with E-state index in [9.17, 15) is 35.9 Å². The van der Waals surface area contributed by atoms with Crippen LogP contribution in [0.2, 0.25) is 5.02 Å². The maximum absolute atomic E-state index is 13.5. The van der Waals surface area contributed by atoms with Crippen LogP contribution in [0.1, 0.15) is 30.4 Å². The first kappa shape index (κ1) is 26.4. The minimum atomic E-state index is -4.60. The summed E-state index contributed by atoms with van der Waals surface area (Å²) in [5.74, 6) is -1.83. The van der Waals surface area contributed by atoms with Gasteiger partial charge in [0.05, 0.1) is 28.0 Å². The van der Waals surface area contributed by atoms with Crippen molar-refractivity contribution >= 4 is 27.5 Å². The molecule has 1 saturated carbocycles. The Morgan fingerprint density at radius 2 is 1.92 bits per heavy atom. The Balaban J connectivity index is 1.35. The molecule has 0 saturated heterocycles. The second kappa shape index (κ2) is 9.66. The van der Waals surface area contributed by atoms with Gasteiger partial charge in [0, 0.05) is 18.2 Å². The smallest absolute Gasteiger partial charge is 0.416 e. The fraction of sp³-hybridized carbons (Fsp3) is 0.348. The van der Waals surface area contributed by atoms with Gasteiger partial charge in [0.25, 0.3) is 5.91 Å². The summed E-state index contributed by atoms with van der Waals surface area (Å²) >= 11 is 5.60. The lowest BCUT2D eigenvalue weighted by Crippen LogP contribution is -2.65. The summed E-state index contributed by atoms with van der Waals surface area (Å²) in [5.41, 5.74) is -1.01. The number of aliphatic hydroxyl groups is 1. The molecule has 194 valence electrons. The molecule has 36 heavy (non-hydrogen) atoms. The summed E-state index contributed by atoms with van der Waals surface area (Å²) in [5, 5.41) is 13.2. The molecule has 3 aliphatic rings. The molecule has 2 aromatic carbocycles. The zero-order valence-electron chi connectivity index (χ0n) is 18.5. The number of nitrogens with one attached hydrogen (secondary N) is 2. The normalized spacial score (nSPS) is 21.7. The topological polar surface area (TPSA) is 105 Å². The summed E-state index contributed by atoms with van der Waals surface area (Å²) in [6.07, 6.45) is -5.55. The van der Waals surface area contributed by atoms with E-state index in [2.05, 4.69) is 10.0 Å². The van der Waals surface area contributed by atoms with Crippen LogP contribution in [0.15, 0.2) is 53.7 Å². The van der Waals surface area contributed by atoms with Gasteiger partial charge in [-0.2, -0.15) is 13.2 Å². The summed E-state index contributed by atoms with van der Waals surface area (Å²) in [6, 6.07) is 7.76. The number of amides is 1. The van der Waals surface area contributed by atoms with Gasteiger partial charge >= 0.3 is 6.18 Å². The third-order valence-electron chi connectivity index (χ3n) is 6.04. The SMILES string of the molecule is O=C(COc1ccc(Cl)c(F)c1)NC1=C2CC(NS(=O)(=O)Cc3cccc(C(F)(F)F)c3)(C2)[C@@H](O)C1. The molecule has 0 spiro atoms. The molecule has 1 atom stereocenters. The van der Waals surface area contributed by atoms with E-state index in [1.54, 1.807) is 0 Å². The lowest BCUT2D eigenvalue weighted by molar-refractivity contribution is -0.137. The van der Waals surface area contributed by atoms with E-state index in [1.807, 2.05) is 0 Å². The second-order valence-electron chi connectivity index (χ2n) is 8.78.